The highest BCUT2D eigenvalue weighted by molar-refractivity contribution is 5.85. The van der Waals surface area contributed by atoms with Crippen molar-refractivity contribution in [1.29, 1.82) is 0 Å². The molecular formula is C20H24N2. The minimum absolute atomic E-state index is 0.345. The topological polar surface area (TPSA) is 19.0 Å². The van der Waals surface area contributed by atoms with Crippen LogP contribution in [0.25, 0.3) is 10.9 Å². The minimum Gasteiger partial charge on any atom is -0.357 e. The number of hydrogen-bond donors (Lipinski definition) is 1. The summed E-state index contributed by atoms with van der Waals surface area (Å²) < 4.78 is 0. The van der Waals surface area contributed by atoms with E-state index in [0.29, 0.717) is 16.9 Å². The maximum absolute atomic E-state index is 3.80. The number of H-pyrrole nitrogens is 1. The number of para-hydroxylation sites is 1. The summed E-state index contributed by atoms with van der Waals surface area (Å²) in [6, 6.07) is 9.39. The lowest BCUT2D eigenvalue weighted by Gasteiger charge is -2.46. The Balaban J connectivity index is 1.74. The number of rotatable bonds is 0. The maximum atomic E-state index is 3.80. The number of allylic oxidation sites excluding steroid dienone is 2. The molecule has 5 rings (SSSR count). The quantitative estimate of drug-likeness (QED) is 0.711. The van der Waals surface area contributed by atoms with Crippen LogP contribution in [-0.4, -0.2) is 23.0 Å². The average Bonchev–Trinajstić information content (AvgIpc) is 2.99. The zero-order chi connectivity index (χ0) is 14.9. The van der Waals surface area contributed by atoms with Crippen molar-refractivity contribution in [2.75, 3.05) is 13.1 Å². The van der Waals surface area contributed by atoms with Gasteiger partial charge in [0.15, 0.2) is 0 Å². The zero-order valence-corrected chi connectivity index (χ0v) is 13.5. The fourth-order valence-corrected chi connectivity index (χ4v) is 5.47. The molecule has 2 aliphatic heterocycles. The normalized spacial score (nSPS) is 37.1. The molecule has 3 atom stereocenters. The van der Waals surface area contributed by atoms with Crippen molar-refractivity contribution in [2.24, 2.45) is 10.8 Å². The Morgan fingerprint density at radius 1 is 1.14 bits per heavy atom. The van der Waals surface area contributed by atoms with E-state index >= 15 is 0 Å². The molecule has 0 saturated carbocycles. The van der Waals surface area contributed by atoms with Gasteiger partial charge in [0, 0.05) is 29.7 Å². The minimum atomic E-state index is 0.345. The van der Waals surface area contributed by atoms with Crippen LogP contribution in [0, 0.1) is 10.8 Å². The molecule has 3 heterocycles. The Morgan fingerprint density at radius 3 is 2.86 bits per heavy atom. The molecule has 1 aromatic heterocycles. The first-order chi connectivity index (χ1) is 10.6. The van der Waals surface area contributed by atoms with Crippen LogP contribution in [0.1, 0.15) is 44.0 Å². The molecule has 1 saturated heterocycles. The van der Waals surface area contributed by atoms with Crippen LogP contribution in [0.2, 0.25) is 0 Å². The number of fused-ring (bicyclic) bond motifs is 7. The smallest absolute Gasteiger partial charge is 0.0564 e. The van der Waals surface area contributed by atoms with Gasteiger partial charge < -0.3 is 4.98 Å². The van der Waals surface area contributed by atoms with Crippen LogP contribution < -0.4 is 0 Å². The highest BCUT2D eigenvalue weighted by atomic mass is 15.2. The highest BCUT2D eigenvalue weighted by Crippen LogP contribution is 2.63. The summed E-state index contributed by atoms with van der Waals surface area (Å²) >= 11 is 0. The Kier molecular flexibility index (Phi) is 2.38. The molecule has 2 nitrogen and oxygen atoms in total. The molecule has 0 spiro atoms. The fourth-order valence-electron chi connectivity index (χ4n) is 5.47. The zero-order valence-electron chi connectivity index (χ0n) is 13.5. The Bertz CT molecular complexity index is 786. The van der Waals surface area contributed by atoms with E-state index in [1.54, 1.807) is 5.56 Å². The Labute approximate surface area is 132 Å². The molecule has 0 amide bonds. The second-order valence-electron chi connectivity index (χ2n) is 8.04. The molecule has 3 aliphatic rings. The van der Waals surface area contributed by atoms with Gasteiger partial charge in [0.25, 0.3) is 0 Å². The lowest BCUT2D eigenvalue weighted by Crippen LogP contribution is -2.40. The summed E-state index contributed by atoms with van der Waals surface area (Å²) in [6.07, 6.45) is 8.45. The second-order valence-corrected chi connectivity index (χ2v) is 8.04. The summed E-state index contributed by atoms with van der Waals surface area (Å²) in [5.41, 5.74) is 5.16. The number of nitrogens with zero attached hydrogens (tertiary/aromatic N) is 1. The predicted octanol–water partition coefficient (Wildman–Crippen LogP) is 4.44. The number of aromatic amines is 1. The summed E-state index contributed by atoms with van der Waals surface area (Å²) in [7, 11) is 0. The van der Waals surface area contributed by atoms with Crippen LogP contribution in [0.4, 0.5) is 0 Å². The van der Waals surface area contributed by atoms with Gasteiger partial charge in [-0.3, -0.25) is 4.90 Å². The summed E-state index contributed by atoms with van der Waals surface area (Å²) in [4.78, 5) is 6.55. The van der Waals surface area contributed by atoms with Gasteiger partial charge in [-0.2, -0.15) is 0 Å². The Hall–Kier alpha value is -1.54. The SMILES string of the molecule is C[C@]12CC=CC[C@@]1(C)[C@@H]1c3[nH]c4ccccc4c3CCN1C2. The number of hydrogen-bond acceptors (Lipinski definition) is 1. The summed E-state index contributed by atoms with van der Waals surface area (Å²) in [5, 5.41) is 1.45. The lowest BCUT2D eigenvalue weighted by atomic mass is 9.58. The summed E-state index contributed by atoms with van der Waals surface area (Å²) in [6.45, 7) is 7.50. The van der Waals surface area contributed by atoms with E-state index in [1.165, 1.54) is 48.9 Å². The van der Waals surface area contributed by atoms with Gasteiger partial charge in [-0.15, -0.1) is 0 Å². The van der Waals surface area contributed by atoms with Gasteiger partial charge in [-0.25, -0.2) is 0 Å². The molecule has 1 aliphatic carbocycles. The highest BCUT2D eigenvalue weighted by Gasteiger charge is 2.59. The van der Waals surface area contributed by atoms with Crippen molar-refractivity contribution in [2.45, 2.75) is 39.2 Å². The first kappa shape index (κ1) is 13.0. The van der Waals surface area contributed by atoms with Gasteiger partial charge in [-0.1, -0.05) is 44.2 Å². The molecule has 114 valence electrons. The first-order valence-electron chi connectivity index (χ1n) is 8.61. The van der Waals surface area contributed by atoms with E-state index < -0.39 is 0 Å². The van der Waals surface area contributed by atoms with Crippen LogP contribution in [0.15, 0.2) is 36.4 Å². The van der Waals surface area contributed by atoms with Crippen molar-refractivity contribution >= 4 is 10.9 Å². The molecule has 1 N–H and O–H groups in total. The summed E-state index contributed by atoms with van der Waals surface area (Å²) in [5.74, 6) is 0. The third-order valence-electron chi connectivity index (χ3n) is 6.95. The van der Waals surface area contributed by atoms with Crippen molar-refractivity contribution in [1.82, 2.24) is 9.88 Å². The van der Waals surface area contributed by atoms with E-state index in [4.69, 9.17) is 0 Å². The van der Waals surface area contributed by atoms with Crippen LogP contribution in [0.3, 0.4) is 0 Å². The average molecular weight is 292 g/mol. The largest absolute Gasteiger partial charge is 0.357 e. The third kappa shape index (κ3) is 1.40. The predicted molar refractivity (Wildman–Crippen MR) is 90.9 cm³/mol. The van der Waals surface area contributed by atoms with E-state index in [2.05, 4.69) is 60.1 Å². The molecule has 1 fully saturated rings. The second kappa shape index (κ2) is 4.05. The number of nitrogens with one attached hydrogen (secondary N) is 1. The van der Waals surface area contributed by atoms with E-state index in [-0.39, 0.29) is 0 Å². The molecular weight excluding hydrogens is 268 g/mol. The number of aromatic nitrogens is 1. The van der Waals surface area contributed by atoms with Crippen molar-refractivity contribution in [3.63, 3.8) is 0 Å². The van der Waals surface area contributed by atoms with Gasteiger partial charge in [0.2, 0.25) is 0 Å². The standard InChI is InChI=1S/C20H24N2/c1-19-10-5-6-11-20(19,2)18-17-15(9-12-22(18)13-19)14-7-3-4-8-16(14)21-17/h3-8,18,21H,9-13H2,1-2H3/t18-,19+,20-/m0/s1. The van der Waals surface area contributed by atoms with Gasteiger partial charge in [0.1, 0.15) is 0 Å². The molecule has 2 heteroatoms. The number of benzene rings is 1. The lowest BCUT2D eigenvalue weighted by molar-refractivity contribution is 0.0856. The van der Waals surface area contributed by atoms with Crippen molar-refractivity contribution in [3.8, 4) is 0 Å². The molecule has 1 aromatic carbocycles. The van der Waals surface area contributed by atoms with Crippen molar-refractivity contribution < 1.29 is 0 Å². The molecule has 0 bridgehead atoms. The fraction of sp³-hybridized carbons (Fsp3) is 0.500. The monoisotopic (exact) mass is 292 g/mol. The third-order valence-corrected chi connectivity index (χ3v) is 6.95. The Morgan fingerprint density at radius 2 is 1.95 bits per heavy atom. The van der Waals surface area contributed by atoms with Crippen LogP contribution in [0.5, 0.6) is 0 Å². The maximum Gasteiger partial charge on any atom is 0.0564 e. The van der Waals surface area contributed by atoms with Crippen LogP contribution in [-0.2, 0) is 6.42 Å². The van der Waals surface area contributed by atoms with E-state index in [9.17, 15) is 0 Å². The molecule has 22 heavy (non-hydrogen) atoms. The van der Waals surface area contributed by atoms with Crippen molar-refractivity contribution in [3.05, 3.63) is 47.7 Å². The first-order valence-corrected chi connectivity index (χ1v) is 8.61. The van der Waals surface area contributed by atoms with Gasteiger partial charge in [-0.05, 0) is 41.7 Å². The van der Waals surface area contributed by atoms with E-state index in [1.807, 2.05) is 0 Å². The molecule has 2 aromatic rings. The van der Waals surface area contributed by atoms with E-state index in [0.717, 1.165) is 0 Å². The molecule has 0 radical (unpaired) electrons. The van der Waals surface area contributed by atoms with Gasteiger partial charge >= 0.3 is 0 Å². The molecule has 0 unspecified atom stereocenters. The van der Waals surface area contributed by atoms with Gasteiger partial charge in [0.05, 0.1) is 6.04 Å². The van der Waals surface area contributed by atoms with Crippen LogP contribution >= 0.6 is 0 Å².